The topological polar surface area (TPSA) is 43.4 Å². The lowest BCUT2D eigenvalue weighted by Gasteiger charge is -2.36. The van der Waals surface area contributed by atoms with Crippen molar-refractivity contribution in [1.29, 1.82) is 0 Å². The van der Waals surface area contributed by atoms with Gasteiger partial charge in [0.2, 0.25) is 0 Å². The molecule has 3 rings (SSSR count). The van der Waals surface area contributed by atoms with Gasteiger partial charge in [-0.15, -0.1) is 0 Å². The van der Waals surface area contributed by atoms with Crippen LogP contribution in [0.15, 0.2) is 30.3 Å². The predicted molar refractivity (Wildman–Crippen MR) is 98.1 cm³/mol. The number of Topliss-reactive ketones (excluding diaryl/α,β-unsaturated/α-hetero) is 2. The van der Waals surface area contributed by atoms with E-state index in [9.17, 15) is 9.59 Å². The van der Waals surface area contributed by atoms with Crippen molar-refractivity contribution in [3.8, 4) is 0 Å². The summed E-state index contributed by atoms with van der Waals surface area (Å²) in [5.74, 6) is 1.94. The summed E-state index contributed by atoms with van der Waals surface area (Å²) in [7, 11) is 0. The lowest BCUT2D eigenvalue weighted by molar-refractivity contribution is -0.132. The van der Waals surface area contributed by atoms with E-state index in [1.807, 2.05) is 30.3 Å². The molecule has 0 saturated heterocycles. The van der Waals surface area contributed by atoms with E-state index in [4.69, 9.17) is 4.74 Å². The van der Waals surface area contributed by atoms with Gasteiger partial charge in [0.1, 0.15) is 11.6 Å². The Labute approximate surface area is 151 Å². The minimum Gasteiger partial charge on any atom is -0.376 e. The van der Waals surface area contributed by atoms with E-state index in [-0.39, 0.29) is 11.8 Å². The molecule has 2 aliphatic rings. The summed E-state index contributed by atoms with van der Waals surface area (Å²) >= 11 is 0. The Morgan fingerprint density at radius 2 is 1.48 bits per heavy atom. The molecular formula is C22H30O3. The highest BCUT2D eigenvalue weighted by Crippen LogP contribution is 2.39. The van der Waals surface area contributed by atoms with Crippen LogP contribution >= 0.6 is 0 Å². The molecule has 1 aromatic rings. The van der Waals surface area contributed by atoms with E-state index < -0.39 is 0 Å². The molecule has 0 spiro atoms. The van der Waals surface area contributed by atoms with E-state index in [0.717, 1.165) is 37.7 Å². The first-order chi connectivity index (χ1) is 12.2. The Balaban J connectivity index is 1.43. The van der Waals surface area contributed by atoms with Crippen LogP contribution < -0.4 is 0 Å². The first-order valence-corrected chi connectivity index (χ1v) is 9.84. The molecule has 0 radical (unpaired) electrons. The fourth-order valence-electron chi connectivity index (χ4n) is 4.51. The van der Waals surface area contributed by atoms with E-state index >= 15 is 0 Å². The standard InChI is InChI=1S/C22H30O3/c1-2-17-8-9-18(12-21(17)23)19-10-11-20(22(24)13-19)15-25-14-16-6-4-3-5-7-16/h3-7,17-20H,2,8-15H2,1H3/t17-,18-,19+,20-/m0/s1. The summed E-state index contributed by atoms with van der Waals surface area (Å²) in [5.41, 5.74) is 1.15. The molecule has 2 saturated carbocycles. The van der Waals surface area contributed by atoms with Crippen LogP contribution in [0.4, 0.5) is 0 Å². The number of rotatable bonds is 6. The number of benzene rings is 1. The second-order valence-electron chi connectivity index (χ2n) is 7.82. The molecular weight excluding hydrogens is 312 g/mol. The fraction of sp³-hybridized carbons (Fsp3) is 0.636. The number of hydrogen-bond acceptors (Lipinski definition) is 3. The molecule has 0 unspecified atom stereocenters. The van der Waals surface area contributed by atoms with Gasteiger partial charge in [-0.05, 0) is 49.5 Å². The highest BCUT2D eigenvalue weighted by molar-refractivity contribution is 5.83. The van der Waals surface area contributed by atoms with E-state index in [2.05, 4.69) is 6.92 Å². The summed E-state index contributed by atoms with van der Waals surface area (Å²) in [5, 5.41) is 0. The zero-order chi connectivity index (χ0) is 17.6. The fourth-order valence-corrected chi connectivity index (χ4v) is 4.51. The van der Waals surface area contributed by atoms with Gasteiger partial charge in [-0.3, -0.25) is 9.59 Å². The van der Waals surface area contributed by atoms with Gasteiger partial charge in [0.25, 0.3) is 0 Å². The molecule has 0 aromatic heterocycles. The summed E-state index contributed by atoms with van der Waals surface area (Å²) in [4.78, 5) is 24.7. The molecule has 0 heterocycles. The maximum Gasteiger partial charge on any atom is 0.138 e. The third-order valence-electron chi connectivity index (χ3n) is 6.20. The second kappa shape index (κ2) is 8.75. The molecule has 3 nitrogen and oxygen atoms in total. The summed E-state index contributed by atoms with van der Waals surface area (Å²) in [6.07, 6.45) is 6.45. The molecule has 0 bridgehead atoms. The Morgan fingerprint density at radius 1 is 0.880 bits per heavy atom. The van der Waals surface area contributed by atoms with Crippen molar-refractivity contribution in [2.75, 3.05) is 6.61 Å². The van der Waals surface area contributed by atoms with Gasteiger partial charge in [0.05, 0.1) is 13.2 Å². The molecule has 3 heteroatoms. The third-order valence-corrected chi connectivity index (χ3v) is 6.20. The highest BCUT2D eigenvalue weighted by atomic mass is 16.5. The van der Waals surface area contributed by atoms with Gasteiger partial charge >= 0.3 is 0 Å². The monoisotopic (exact) mass is 342 g/mol. The molecule has 136 valence electrons. The lowest BCUT2D eigenvalue weighted by atomic mass is 9.68. The van der Waals surface area contributed by atoms with Crippen LogP contribution in [0.25, 0.3) is 0 Å². The number of ketones is 2. The van der Waals surface area contributed by atoms with Gasteiger partial charge < -0.3 is 4.74 Å². The van der Waals surface area contributed by atoms with Crippen molar-refractivity contribution in [3.05, 3.63) is 35.9 Å². The van der Waals surface area contributed by atoms with Crippen LogP contribution in [-0.2, 0) is 20.9 Å². The number of carbonyl (C=O) groups excluding carboxylic acids is 2. The Hall–Kier alpha value is -1.48. The maximum atomic E-state index is 12.5. The van der Waals surface area contributed by atoms with Crippen LogP contribution in [0, 0.1) is 23.7 Å². The number of hydrogen-bond donors (Lipinski definition) is 0. The lowest BCUT2D eigenvalue weighted by Crippen LogP contribution is -2.35. The van der Waals surface area contributed by atoms with Crippen LogP contribution in [0.1, 0.15) is 57.4 Å². The van der Waals surface area contributed by atoms with Crippen molar-refractivity contribution in [2.24, 2.45) is 23.7 Å². The van der Waals surface area contributed by atoms with Crippen molar-refractivity contribution >= 4 is 11.6 Å². The Kier molecular flexibility index (Phi) is 6.41. The molecule has 4 atom stereocenters. The average molecular weight is 342 g/mol. The van der Waals surface area contributed by atoms with Gasteiger partial charge in [-0.2, -0.15) is 0 Å². The zero-order valence-corrected chi connectivity index (χ0v) is 15.3. The van der Waals surface area contributed by atoms with Gasteiger partial charge in [0, 0.05) is 24.7 Å². The maximum absolute atomic E-state index is 12.5. The molecule has 0 aliphatic heterocycles. The molecule has 0 amide bonds. The first kappa shape index (κ1) is 18.3. The predicted octanol–water partition coefficient (Wildman–Crippen LogP) is 4.58. The van der Waals surface area contributed by atoms with Gasteiger partial charge in [-0.1, -0.05) is 37.3 Å². The van der Waals surface area contributed by atoms with Crippen molar-refractivity contribution < 1.29 is 14.3 Å². The zero-order valence-electron chi connectivity index (χ0n) is 15.3. The van der Waals surface area contributed by atoms with Crippen molar-refractivity contribution in [2.45, 2.75) is 58.5 Å². The Bertz CT molecular complexity index is 580. The van der Waals surface area contributed by atoms with Gasteiger partial charge in [-0.25, -0.2) is 0 Å². The molecule has 2 aliphatic carbocycles. The third kappa shape index (κ3) is 4.78. The van der Waals surface area contributed by atoms with Crippen molar-refractivity contribution in [1.82, 2.24) is 0 Å². The smallest absolute Gasteiger partial charge is 0.138 e. The van der Waals surface area contributed by atoms with E-state index in [1.165, 1.54) is 0 Å². The van der Waals surface area contributed by atoms with Crippen LogP contribution in [-0.4, -0.2) is 18.2 Å². The summed E-state index contributed by atoms with van der Waals surface area (Å²) < 4.78 is 5.78. The minimum atomic E-state index is 0.0441. The van der Waals surface area contributed by atoms with Crippen molar-refractivity contribution in [3.63, 3.8) is 0 Å². The van der Waals surface area contributed by atoms with Crippen LogP contribution in [0.2, 0.25) is 0 Å². The number of carbonyl (C=O) groups is 2. The minimum absolute atomic E-state index is 0.0441. The molecule has 25 heavy (non-hydrogen) atoms. The summed E-state index contributed by atoms with van der Waals surface area (Å²) in [6.45, 7) is 3.21. The normalized spacial score (nSPS) is 30.4. The largest absolute Gasteiger partial charge is 0.376 e. The first-order valence-electron chi connectivity index (χ1n) is 9.84. The van der Waals surface area contributed by atoms with Gasteiger partial charge in [0.15, 0.2) is 0 Å². The number of ether oxygens (including phenoxy) is 1. The second-order valence-corrected chi connectivity index (χ2v) is 7.82. The highest BCUT2D eigenvalue weighted by Gasteiger charge is 2.37. The summed E-state index contributed by atoms with van der Waals surface area (Å²) in [6, 6.07) is 10.1. The Morgan fingerprint density at radius 3 is 2.04 bits per heavy atom. The quantitative estimate of drug-likeness (QED) is 0.760. The SMILES string of the molecule is CC[C@H]1CC[C@H]([C@@H]2CC[C@@H](COCc3ccccc3)C(=O)C2)CC1=O. The van der Waals surface area contributed by atoms with Crippen LogP contribution in [0.5, 0.6) is 0 Å². The van der Waals surface area contributed by atoms with E-state index in [1.54, 1.807) is 0 Å². The average Bonchev–Trinajstić information content (AvgIpc) is 2.64. The van der Waals surface area contributed by atoms with E-state index in [0.29, 0.717) is 49.5 Å². The van der Waals surface area contributed by atoms with Crippen LogP contribution in [0.3, 0.4) is 0 Å². The molecule has 1 aromatic carbocycles. The molecule has 2 fully saturated rings. The molecule has 0 N–H and O–H groups in total.